The molecule has 3 atom stereocenters. The number of hydrogen-bond donors (Lipinski definition) is 4. The fraction of sp³-hybridized carbons (Fsp3) is 0.400. The van der Waals surface area contributed by atoms with Crippen molar-refractivity contribution < 1.29 is 19.1 Å². The highest BCUT2D eigenvalue weighted by Crippen LogP contribution is 2.33. The smallest absolute Gasteiger partial charge is 0.407 e. The number of methoxy groups -OCH3 is 1. The zero-order valence-corrected chi connectivity index (χ0v) is 27.0. The number of piperidine rings is 1. The summed E-state index contributed by atoms with van der Waals surface area (Å²) < 4.78 is 4.74. The van der Waals surface area contributed by atoms with Crippen molar-refractivity contribution in [1.82, 2.24) is 35.1 Å². The van der Waals surface area contributed by atoms with Crippen LogP contribution in [0.2, 0.25) is 0 Å². The number of H-pyrrole nitrogens is 2. The first-order chi connectivity index (χ1) is 22.7. The number of nitrogens with zero attached hydrogens (tertiary/aromatic N) is 4. The Labute approximate surface area is 274 Å². The zero-order valence-electron chi connectivity index (χ0n) is 27.0. The molecule has 2 saturated heterocycles. The van der Waals surface area contributed by atoms with E-state index < -0.39 is 18.2 Å². The summed E-state index contributed by atoms with van der Waals surface area (Å²) in [6, 6.07) is 15.3. The number of benzene rings is 2. The Hall–Kier alpha value is -4.97. The van der Waals surface area contributed by atoms with Crippen LogP contribution in [0.3, 0.4) is 0 Å². The number of alkyl carbamates (subject to hydrolysis) is 1. The number of aromatic nitrogens is 4. The van der Waals surface area contributed by atoms with Crippen LogP contribution in [0.4, 0.5) is 4.79 Å². The molecule has 2 aromatic heterocycles. The number of amides is 3. The van der Waals surface area contributed by atoms with Crippen LogP contribution >= 0.6 is 0 Å². The fourth-order valence-electron chi connectivity index (χ4n) is 6.43. The summed E-state index contributed by atoms with van der Waals surface area (Å²) in [7, 11) is 1.29. The van der Waals surface area contributed by atoms with Gasteiger partial charge in [-0.05, 0) is 53.9 Å². The Kier molecular flexibility index (Phi) is 9.39. The first-order valence-corrected chi connectivity index (χ1v) is 16.2. The van der Waals surface area contributed by atoms with Gasteiger partial charge in [-0.3, -0.25) is 9.59 Å². The Morgan fingerprint density at radius 3 is 2.15 bits per heavy atom. The Morgan fingerprint density at radius 2 is 1.51 bits per heavy atom. The van der Waals surface area contributed by atoms with Crippen molar-refractivity contribution in [3.8, 4) is 33.6 Å². The molecule has 6 rings (SSSR count). The van der Waals surface area contributed by atoms with Crippen LogP contribution in [0.25, 0.3) is 33.6 Å². The van der Waals surface area contributed by atoms with Crippen LogP contribution in [0.1, 0.15) is 57.2 Å². The first-order valence-electron chi connectivity index (χ1n) is 16.2. The van der Waals surface area contributed by atoms with Gasteiger partial charge in [-0.25, -0.2) is 14.8 Å². The first kappa shape index (κ1) is 32.0. The molecule has 2 aliphatic rings. The lowest BCUT2D eigenvalue weighted by Crippen LogP contribution is -2.51. The van der Waals surface area contributed by atoms with Crippen molar-refractivity contribution in [1.29, 1.82) is 0 Å². The predicted molar refractivity (Wildman–Crippen MR) is 178 cm³/mol. The van der Waals surface area contributed by atoms with Crippen LogP contribution in [0, 0.1) is 5.92 Å². The molecule has 4 aromatic rings. The lowest BCUT2D eigenvalue weighted by Gasteiger charge is -2.30. The van der Waals surface area contributed by atoms with Gasteiger partial charge in [0.25, 0.3) is 0 Å². The van der Waals surface area contributed by atoms with Gasteiger partial charge in [0.05, 0.1) is 49.5 Å². The number of carbonyl (C=O) groups is 3. The predicted octanol–water partition coefficient (Wildman–Crippen LogP) is 4.63. The van der Waals surface area contributed by atoms with E-state index in [-0.39, 0.29) is 23.8 Å². The van der Waals surface area contributed by atoms with Gasteiger partial charge in [0.2, 0.25) is 11.8 Å². The van der Waals surface area contributed by atoms with Crippen molar-refractivity contribution in [2.75, 3.05) is 20.2 Å². The minimum Gasteiger partial charge on any atom is -0.453 e. The molecule has 0 radical (unpaired) electrons. The third-order valence-electron chi connectivity index (χ3n) is 9.10. The summed E-state index contributed by atoms with van der Waals surface area (Å²) >= 11 is 0. The molecule has 47 heavy (non-hydrogen) atoms. The second kappa shape index (κ2) is 13.8. The van der Waals surface area contributed by atoms with Gasteiger partial charge in [0, 0.05) is 13.1 Å². The van der Waals surface area contributed by atoms with E-state index in [0.717, 1.165) is 71.0 Å². The minimum absolute atomic E-state index is 0.0175. The van der Waals surface area contributed by atoms with Crippen LogP contribution in [0.15, 0.2) is 60.9 Å². The molecule has 3 amide bonds. The molecular weight excluding hydrogens is 596 g/mol. The van der Waals surface area contributed by atoms with Gasteiger partial charge < -0.3 is 35.6 Å². The normalized spacial score (nSPS) is 18.9. The minimum atomic E-state index is -0.674. The lowest BCUT2D eigenvalue weighted by atomic mass is 10.0. The van der Waals surface area contributed by atoms with Crippen LogP contribution in [-0.4, -0.2) is 79.9 Å². The van der Waals surface area contributed by atoms with Crippen molar-refractivity contribution in [3.63, 3.8) is 0 Å². The topological polar surface area (TPSA) is 162 Å². The molecule has 0 saturated carbocycles. The third-order valence-corrected chi connectivity index (χ3v) is 9.10. The van der Waals surface area contributed by atoms with E-state index in [0.29, 0.717) is 19.6 Å². The molecule has 2 unspecified atom stereocenters. The maximum atomic E-state index is 13.5. The van der Waals surface area contributed by atoms with Crippen LogP contribution in [-0.2, 0) is 20.9 Å². The summed E-state index contributed by atoms with van der Waals surface area (Å²) in [5.74, 6) is 1.24. The summed E-state index contributed by atoms with van der Waals surface area (Å²) in [5.41, 5.74) is 11.9. The number of carbonyl (C=O) groups excluding carboxylic acids is 3. The Bertz CT molecular complexity index is 1710. The quantitative estimate of drug-likeness (QED) is 0.208. The number of rotatable bonds is 9. The molecule has 4 heterocycles. The van der Waals surface area contributed by atoms with Crippen molar-refractivity contribution in [3.05, 3.63) is 72.6 Å². The molecule has 246 valence electrons. The monoisotopic (exact) mass is 638 g/mol. The third kappa shape index (κ3) is 6.92. The molecule has 2 aromatic carbocycles. The molecule has 12 nitrogen and oxygen atoms in total. The summed E-state index contributed by atoms with van der Waals surface area (Å²) in [6.45, 7) is 5.55. The Balaban J connectivity index is 1.10. The average molecular weight is 639 g/mol. The molecule has 12 heteroatoms. The molecule has 0 bridgehead atoms. The largest absolute Gasteiger partial charge is 0.453 e. The van der Waals surface area contributed by atoms with Crippen molar-refractivity contribution >= 4 is 17.9 Å². The van der Waals surface area contributed by atoms with Crippen molar-refractivity contribution in [2.45, 2.75) is 64.2 Å². The number of aromatic amines is 2. The molecular formula is C35H42N8O4. The summed E-state index contributed by atoms with van der Waals surface area (Å²) in [6.07, 6.45) is 6.29. The van der Waals surface area contributed by atoms with E-state index in [1.54, 1.807) is 17.3 Å². The molecule has 0 spiro atoms. The number of ether oxygens (including phenoxy) is 1. The second-order valence-corrected chi connectivity index (χ2v) is 12.6. The van der Waals surface area contributed by atoms with E-state index in [9.17, 15) is 14.4 Å². The maximum absolute atomic E-state index is 13.5. The van der Waals surface area contributed by atoms with Gasteiger partial charge in [-0.1, -0.05) is 62.4 Å². The second-order valence-electron chi connectivity index (χ2n) is 12.6. The highest BCUT2D eigenvalue weighted by Gasteiger charge is 2.37. The van der Waals surface area contributed by atoms with Gasteiger partial charge >= 0.3 is 6.09 Å². The van der Waals surface area contributed by atoms with Gasteiger partial charge in [-0.2, -0.15) is 0 Å². The number of nitrogens with one attached hydrogen (secondary N) is 3. The van der Waals surface area contributed by atoms with Crippen LogP contribution in [0.5, 0.6) is 0 Å². The number of hydrogen-bond acceptors (Lipinski definition) is 7. The Morgan fingerprint density at radius 1 is 0.915 bits per heavy atom. The molecule has 0 aliphatic carbocycles. The van der Waals surface area contributed by atoms with Crippen molar-refractivity contribution in [2.24, 2.45) is 11.7 Å². The average Bonchev–Trinajstić information content (AvgIpc) is 3.87. The maximum Gasteiger partial charge on any atom is 0.407 e. The van der Waals surface area contributed by atoms with Gasteiger partial charge in [0.15, 0.2) is 0 Å². The zero-order chi connectivity index (χ0) is 33.1. The lowest BCUT2D eigenvalue weighted by molar-refractivity contribution is -0.136. The van der Waals surface area contributed by atoms with Gasteiger partial charge in [0.1, 0.15) is 17.7 Å². The van der Waals surface area contributed by atoms with E-state index in [4.69, 9.17) is 10.5 Å². The van der Waals surface area contributed by atoms with E-state index in [1.807, 2.05) is 18.7 Å². The summed E-state index contributed by atoms with van der Waals surface area (Å²) in [5, 5.41) is 2.69. The molecule has 5 N–H and O–H groups in total. The van der Waals surface area contributed by atoms with E-state index in [2.05, 4.69) is 73.8 Å². The molecule has 2 fully saturated rings. The highest BCUT2D eigenvalue weighted by atomic mass is 16.5. The highest BCUT2D eigenvalue weighted by molar-refractivity contribution is 5.86. The number of imidazole rings is 2. The molecule has 2 aliphatic heterocycles. The SMILES string of the molecule is COC(=O)N[C@H](C(=O)N1CCCC1c1ncc(-c2ccc(-c3ccc(-c4cnc(CN5CCCC(N)C5=O)[nH]4)cc3)cc2)[nH]1)C(C)C. The van der Waals surface area contributed by atoms with Crippen LogP contribution < -0.4 is 11.1 Å². The standard InChI is InChI=1S/C35H42N8O4/c1-21(2)31(41-35(46)47-3)34(45)43-17-5-7-29(43)32-38-19-28(40-32)25-14-10-23(11-15-25)22-8-12-24(13-9-22)27-18-37-30(39-27)20-42-16-4-6-26(36)33(42)44/h8-15,18-19,21,26,29,31H,4-7,16-17,20,36H2,1-3H3,(H,37,39)(H,38,40)(H,41,46)/t26?,29?,31-/m0/s1. The number of likely N-dealkylation sites (tertiary alicyclic amines) is 2. The van der Waals surface area contributed by atoms with E-state index in [1.165, 1.54) is 7.11 Å². The fourth-order valence-corrected chi connectivity index (χ4v) is 6.43. The van der Waals surface area contributed by atoms with E-state index >= 15 is 0 Å². The number of nitrogens with two attached hydrogens (primary N) is 1. The summed E-state index contributed by atoms with van der Waals surface area (Å²) in [4.78, 5) is 57.2. The van der Waals surface area contributed by atoms with Gasteiger partial charge in [-0.15, -0.1) is 0 Å².